The molecule has 2 aromatic rings. The average molecular weight is 231 g/mol. The highest BCUT2D eigenvalue weighted by atomic mass is 15.6. The van der Waals surface area contributed by atoms with Gasteiger partial charge in [-0.05, 0) is 41.8 Å². The lowest BCUT2D eigenvalue weighted by atomic mass is 10.1. The summed E-state index contributed by atoms with van der Waals surface area (Å²) in [5.74, 6) is 0.700. The molecule has 0 unspecified atom stereocenters. The summed E-state index contributed by atoms with van der Waals surface area (Å²) in [7, 11) is 1.76. The highest BCUT2D eigenvalue weighted by molar-refractivity contribution is 5.48. The highest BCUT2D eigenvalue weighted by Gasteiger charge is 2.01. The fourth-order valence-electron chi connectivity index (χ4n) is 1.74. The van der Waals surface area contributed by atoms with Crippen molar-refractivity contribution in [1.29, 1.82) is 0 Å². The summed E-state index contributed by atoms with van der Waals surface area (Å²) in [6, 6.07) is 6.38. The van der Waals surface area contributed by atoms with Crippen molar-refractivity contribution < 1.29 is 0 Å². The van der Waals surface area contributed by atoms with Gasteiger partial charge in [-0.25, -0.2) is 0 Å². The highest BCUT2D eigenvalue weighted by Crippen LogP contribution is 2.16. The summed E-state index contributed by atoms with van der Waals surface area (Å²) in [5.41, 5.74) is 3.79. The summed E-state index contributed by atoms with van der Waals surface area (Å²) < 4.78 is 0. The Kier molecular flexibility index (Phi) is 3.37. The number of nitrogens with zero attached hydrogens (tertiary/aromatic N) is 4. The largest absolute Gasteiger partial charge is 0.378 e. The van der Waals surface area contributed by atoms with Crippen LogP contribution in [0.1, 0.15) is 23.9 Å². The number of hydrogen-bond acceptors (Lipinski definition) is 4. The zero-order chi connectivity index (χ0) is 12.3. The van der Waals surface area contributed by atoms with E-state index in [0.29, 0.717) is 12.4 Å². The Bertz CT molecular complexity index is 503. The van der Waals surface area contributed by atoms with Gasteiger partial charge in [-0.3, -0.25) is 0 Å². The predicted molar refractivity (Wildman–Crippen MR) is 66.7 cm³/mol. The molecular weight excluding hydrogens is 214 g/mol. The van der Waals surface area contributed by atoms with Gasteiger partial charge in [0, 0.05) is 5.69 Å². The zero-order valence-electron chi connectivity index (χ0n) is 10.4. The topological polar surface area (TPSA) is 55.6 Å². The molecule has 1 aromatic carbocycles. The second-order valence-electron chi connectivity index (χ2n) is 4.04. The van der Waals surface area contributed by atoms with Crippen LogP contribution in [0, 0.1) is 6.92 Å². The number of hydrogen-bond donors (Lipinski definition) is 1. The van der Waals surface area contributed by atoms with Gasteiger partial charge in [-0.2, -0.15) is 4.80 Å². The Balaban J connectivity index is 2.04. The molecule has 0 amide bonds. The number of aromatic nitrogens is 4. The van der Waals surface area contributed by atoms with E-state index in [1.165, 1.54) is 15.9 Å². The van der Waals surface area contributed by atoms with Gasteiger partial charge >= 0.3 is 0 Å². The molecule has 0 fully saturated rings. The van der Waals surface area contributed by atoms with E-state index in [1.807, 2.05) is 0 Å². The van der Waals surface area contributed by atoms with E-state index < -0.39 is 0 Å². The molecule has 0 bridgehead atoms. The monoisotopic (exact) mass is 231 g/mol. The first-order valence-electron chi connectivity index (χ1n) is 5.75. The minimum Gasteiger partial charge on any atom is -0.378 e. The normalized spacial score (nSPS) is 10.5. The Labute approximate surface area is 101 Å². The molecule has 1 heterocycles. The third-order valence-corrected chi connectivity index (χ3v) is 2.73. The predicted octanol–water partition coefficient (Wildman–Crippen LogP) is 1.69. The van der Waals surface area contributed by atoms with Gasteiger partial charge in [-0.15, -0.1) is 10.2 Å². The van der Waals surface area contributed by atoms with Crippen molar-refractivity contribution in [1.82, 2.24) is 20.2 Å². The fourth-order valence-corrected chi connectivity index (χ4v) is 1.74. The third kappa shape index (κ3) is 2.81. The van der Waals surface area contributed by atoms with Crippen LogP contribution in [-0.4, -0.2) is 20.2 Å². The van der Waals surface area contributed by atoms with Crippen molar-refractivity contribution in [2.75, 3.05) is 5.32 Å². The Morgan fingerprint density at radius 2 is 2.18 bits per heavy atom. The fraction of sp³-hybridized carbons (Fsp3) is 0.417. The van der Waals surface area contributed by atoms with Gasteiger partial charge in [0.2, 0.25) is 0 Å². The van der Waals surface area contributed by atoms with Crippen LogP contribution < -0.4 is 5.32 Å². The summed E-state index contributed by atoms with van der Waals surface area (Å²) in [6.45, 7) is 4.89. The molecule has 5 heteroatoms. The molecule has 0 atom stereocenters. The van der Waals surface area contributed by atoms with Gasteiger partial charge in [0.05, 0.1) is 13.6 Å². The molecule has 0 aliphatic carbocycles. The van der Waals surface area contributed by atoms with Crippen LogP contribution in [0.3, 0.4) is 0 Å². The number of aryl methyl sites for hydroxylation is 3. The molecule has 1 N–H and O–H groups in total. The first-order valence-corrected chi connectivity index (χ1v) is 5.75. The standard InChI is InChI=1S/C12H17N5/c1-4-10-7-11(6-5-9(10)2)13-8-12-14-16-17(3)15-12/h5-7,13H,4,8H2,1-3H3. The van der Waals surface area contributed by atoms with Crippen LogP contribution in [0.25, 0.3) is 0 Å². The lowest BCUT2D eigenvalue weighted by molar-refractivity contribution is 0.628. The number of benzene rings is 1. The van der Waals surface area contributed by atoms with Crippen LogP contribution in [-0.2, 0) is 20.0 Å². The summed E-state index contributed by atoms with van der Waals surface area (Å²) in [5, 5.41) is 15.1. The van der Waals surface area contributed by atoms with Crippen molar-refractivity contribution in [3.63, 3.8) is 0 Å². The maximum atomic E-state index is 4.12. The SMILES string of the molecule is CCc1cc(NCc2nnn(C)n2)ccc1C. The molecule has 0 saturated heterocycles. The van der Waals surface area contributed by atoms with E-state index in [0.717, 1.165) is 12.1 Å². The van der Waals surface area contributed by atoms with Crippen LogP contribution in [0.4, 0.5) is 5.69 Å². The lowest BCUT2D eigenvalue weighted by Gasteiger charge is -2.08. The van der Waals surface area contributed by atoms with Crippen molar-refractivity contribution in [2.24, 2.45) is 7.05 Å². The first-order chi connectivity index (χ1) is 8.19. The number of tetrazole rings is 1. The molecule has 0 radical (unpaired) electrons. The van der Waals surface area contributed by atoms with Gasteiger partial charge < -0.3 is 5.32 Å². The van der Waals surface area contributed by atoms with Gasteiger partial charge in [0.15, 0.2) is 5.82 Å². The maximum Gasteiger partial charge on any atom is 0.193 e. The second-order valence-corrected chi connectivity index (χ2v) is 4.04. The molecule has 0 spiro atoms. The minimum absolute atomic E-state index is 0.597. The number of rotatable bonds is 4. The summed E-state index contributed by atoms with van der Waals surface area (Å²) >= 11 is 0. The van der Waals surface area contributed by atoms with Crippen molar-refractivity contribution >= 4 is 5.69 Å². The molecule has 0 aliphatic rings. The second kappa shape index (κ2) is 4.95. The average Bonchev–Trinajstić information content (AvgIpc) is 2.74. The van der Waals surface area contributed by atoms with E-state index >= 15 is 0 Å². The third-order valence-electron chi connectivity index (χ3n) is 2.73. The van der Waals surface area contributed by atoms with Gasteiger partial charge in [0.1, 0.15) is 0 Å². The maximum absolute atomic E-state index is 4.12. The van der Waals surface area contributed by atoms with Gasteiger partial charge in [-0.1, -0.05) is 13.0 Å². The van der Waals surface area contributed by atoms with Crippen molar-refractivity contribution in [3.05, 3.63) is 35.2 Å². The van der Waals surface area contributed by atoms with Crippen LogP contribution >= 0.6 is 0 Å². The quantitative estimate of drug-likeness (QED) is 0.870. The Morgan fingerprint density at radius 3 is 2.82 bits per heavy atom. The molecule has 17 heavy (non-hydrogen) atoms. The van der Waals surface area contributed by atoms with Crippen molar-refractivity contribution in [3.8, 4) is 0 Å². The Hall–Kier alpha value is -1.91. The molecule has 1 aromatic heterocycles. The van der Waals surface area contributed by atoms with Crippen LogP contribution in [0.15, 0.2) is 18.2 Å². The van der Waals surface area contributed by atoms with Crippen molar-refractivity contribution in [2.45, 2.75) is 26.8 Å². The zero-order valence-corrected chi connectivity index (χ0v) is 10.4. The number of anilines is 1. The molecule has 2 rings (SSSR count). The molecule has 0 aliphatic heterocycles. The van der Waals surface area contributed by atoms with Gasteiger partial charge in [0.25, 0.3) is 0 Å². The smallest absolute Gasteiger partial charge is 0.193 e. The van der Waals surface area contributed by atoms with Crippen LogP contribution in [0.2, 0.25) is 0 Å². The van der Waals surface area contributed by atoms with E-state index in [1.54, 1.807) is 7.05 Å². The van der Waals surface area contributed by atoms with E-state index in [2.05, 4.69) is 52.8 Å². The molecule has 90 valence electrons. The van der Waals surface area contributed by atoms with E-state index in [-0.39, 0.29) is 0 Å². The summed E-state index contributed by atoms with van der Waals surface area (Å²) in [6.07, 6.45) is 1.05. The first kappa shape index (κ1) is 11.6. The lowest BCUT2D eigenvalue weighted by Crippen LogP contribution is -2.03. The molecule has 5 nitrogen and oxygen atoms in total. The Morgan fingerprint density at radius 1 is 1.35 bits per heavy atom. The van der Waals surface area contributed by atoms with E-state index in [9.17, 15) is 0 Å². The molecular formula is C12H17N5. The minimum atomic E-state index is 0.597. The molecule has 0 saturated carbocycles. The van der Waals surface area contributed by atoms with Crippen LogP contribution in [0.5, 0.6) is 0 Å². The summed E-state index contributed by atoms with van der Waals surface area (Å²) in [4.78, 5) is 1.46. The number of nitrogens with one attached hydrogen (secondary N) is 1. The van der Waals surface area contributed by atoms with E-state index in [4.69, 9.17) is 0 Å².